The zero-order chi connectivity index (χ0) is 31.4. The summed E-state index contributed by atoms with van der Waals surface area (Å²) >= 11 is 0. The third kappa shape index (κ3) is 10.3. The number of carboxylic acid groups (broad SMARTS) is 4. The minimum atomic E-state index is -1.82. The molecule has 14 nitrogen and oxygen atoms in total. The van der Waals surface area contributed by atoms with Gasteiger partial charge in [-0.15, -0.1) is 10.2 Å². The van der Waals surface area contributed by atoms with E-state index in [0.717, 1.165) is 43.9 Å². The normalized spacial score (nSPS) is 13.9. The van der Waals surface area contributed by atoms with E-state index in [1.54, 1.807) is 12.1 Å². The van der Waals surface area contributed by atoms with E-state index < -0.39 is 23.9 Å². The molecule has 1 atom stereocenters. The highest BCUT2D eigenvalue weighted by atomic mass is 19.1. The number of benzene rings is 2. The number of rotatable bonds is 6. The minimum Gasteiger partial charge on any atom is -0.494 e. The van der Waals surface area contributed by atoms with Crippen molar-refractivity contribution in [2.45, 2.75) is 26.4 Å². The number of halogens is 1. The first-order valence-corrected chi connectivity index (χ1v) is 12.4. The molecule has 0 amide bonds. The van der Waals surface area contributed by atoms with Crippen LogP contribution >= 0.6 is 0 Å². The van der Waals surface area contributed by atoms with Crippen LogP contribution in [0.5, 0.6) is 5.75 Å². The second-order valence-corrected chi connectivity index (χ2v) is 8.99. The van der Waals surface area contributed by atoms with Gasteiger partial charge < -0.3 is 29.6 Å². The Kier molecular flexibility index (Phi) is 12.5. The lowest BCUT2D eigenvalue weighted by Gasteiger charge is -2.36. The summed E-state index contributed by atoms with van der Waals surface area (Å²) in [6.07, 6.45) is 0. The van der Waals surface area contributed by atoms with Gasteiger partial charge in [-0.3, -0.25) is 9.80 Å². The Balaban J connectivity index is 0.000000434. The molecule has 0 bridgehead atoms. The van der Waals surface area contributed by atoms with Gasteiger partial charge in [0.2, 0.25) is 11.8 Å². The van der Waals surface area contributed by atoms with Gasteiger partial charge in [0, 0.05) is 38.3 Å². The van der Waals surface area contributed by atoms with Gasteiger partial charge in [0.05, 0.1) is 13.2 Å². The van der Waals surface area contributed by atoms with Gasteiger partial charge in [0.15, 0.2) is 11.6 Å². The number of nitrogens with zero attached hydrogens (tertiary/aromatic N) is 4. The molecule has 4 N–H and O–H groups in total. The number of aryl methyl sites for hydroxylation is 1. The summed E-state index contributed by atoms with van der Waals surface area (Å²) in [5, 5.41) is 38.1. The molecule has 1 aromatic heterocycles. The predicted octanol–water partition coefficient (Wildman–Crippen LogP) is 2.38. The van der Waals surface area contributed by atoms with Gasteiger partial charge in [-0.25, -0.2) is 23.6 Å². The van der Waals surface area contributed by atoms with Crippen molar-refractivity contribution in [3.8, 4) is 17.2 Å². The van der Waals surface area contributed by atoms with Crippen LogP contribution < -0.4 is 4.74 Å². The van der Waals surface area contributed by atoms with Crippen molar-refractivity contribution in [3.05, 3.63) is 65.3 Å². The van der Waals surface area contributed by atoms with Gasteiger partial charge in [-0.05, 0) is 43.7 Å². The smallest absolute Gasteiger partial charge is 0.414 e. The molecule has 42 heavy (non-hydrogen) atoms. The largest absolute Gasteiger partial charge is 0.494 e. The fourth-order valence-corrected chi connectivity index (χ4v) is 3.75. The van der Waals surface area contributed by atoms with Crippen molar-refractivity contribution in [1.82, 2.24) is 20.0 Å². The molecule has 1 saturated heterocycles. The van der Waals surface area contributed by atoms with E-state index in [1.807, 2.05) is 30.3 Å². The Hall–Kier alpha value is -4.89. The number of hydrogen-bond acceptors (Lipinski definition) is 10. The standard InChI is InChI=1S/C23H27FN4O2.2C2H2O4/c1-16-4-7-19(8-5-16)23-26-25-22(30-23)17(2)28-12-10-27(11-13-28)15-18-6-9-21(29-3)20(24)14-18;2*3-1(4)2(5)6/h4-9,14,17H,10-13,15H2,1-3H3;2*(H,3,4)(H,5,6). The number of aliphatic carboxylic acids is 4. The summed E-state index contributed by atoms with van der Waals surface area (Å²) < 4.78 is 24.9. The molecular weight excluding hydrogens is 559 g/mol. The van der Waals surface area contributed by atoms with Crippen LogP contribution in [-0.4, -0.2) is 97.6 Å². The molecular formula is C27H31FN4O10. The van der Waals surface area contributed by atoms with Crippen LogP contribution in [0.4, 0.5) is 4.39 Å². The SMILES string of the molecule is COc1ccc(CN2CCN(C(C)c3nnc(-c4ccc(C)cc4)o3)CC2)cc1F.O=C(O)C(=O)O.O=C(O)C(=O)O. The van der Waals surface area contributed by atoms with Gasteiger partial charge >= 0.3 is 23.9 Å². The Bertz CT molecular complexity index is 1320. The van der Waals surface area contributed by atoms with Crippen LogP contribution in [0.15, 0.2) is 46.9 Å². The monoisotopic (exact) mass is 590 g/mol. The van der Waals surface area contributed by atoms with Crippen LogP contribution in [0.25, 0.3) is 11.5 Å². The number of piperazine rings is 1. The molecule has 2 heterocycles. The van der Waals surface area contributed by atoms with E-state index in [1.165, 1.54) is 12.7 Å². The number of methoxy groups -OCH3 is 1. The number of carboxylic acids is 4. The van der Waals surface area contributed by atoms with Crippen LogP contribution in [-0.2, 0) is 25.7 Å². The van der Waals surface area contributed by atoms with Crippen molar-refractivity contribution in [3.63, 3.8) is 0 Å². The lowest BCUT2D eigenvalue weighted by molar-refractivity contribution is -0.159. The first kappa shape index (κ1) is 33.3. The predicted molar refractivity (Wildman–Crippen MR) is 143 cm³/mol. The molecule has 4 rings (SSSR count). The first-order valence-electron chi connectivity index (χ1n) is 12.4. The van der Waals surface area contributed by atoms with Crippen molar-refractivity contribution in [2.75, 3.05) is 33.3 Å². The second kappa shape index (κ2) is 15.8. The van der Waals surface area contributed by atoms with Gasteiger partial charge in [-0.2, -0.15) is 0 Å². The van der Waals surface area contributed by atoms with Gasteiger partial charge in [0.1, 0.15) is 0 Å². The van der Waals surface area contributed by atoms with Crippen molar-refractivity contribution < 1.29 is 53.1 Å². The maximum Gasteiger partial charge on any atom is 0.414 e. The van der Waals surface area contributed by atoms with E-state index >= 15 is 0 Å². The van der Waals surface area contributed by atoms with Crippen LogP contribution in [0.1, 0.15) is 30.0 Å². The molecule has 226 valence electrons. The third-order valence-electron chi connectivity index (χ3n) is 6.04. The maximum atomic E-state index is 13.9. The molecule has 0 radical (unpaired) electrons. The molecule has 2 aromatic carbocycles. The molecule has 1 aliphatic rings. The average molecular weight is 591 g/mol. The highest BCUT2D eigenvalue weighted by Gasteiger charge is 2.26. The quantitative estimate of drug-likeness (QED) is 0.305. The molecule has 3 aromatic rings. The Labute approximate surface area is 239 Å². The van der Waals surface area contributed by atoms with Crippen LogP contribution in [0.3, 0.4) is 0 Å². The Morgan fingerprint density at radius 1 is 0.905 bits per heavy atom. The third-order valence-corrected chi connectivity index (χ3v) is 6.04. The topological polar surface area (TPSA) is 204 Å². The van der Waals surface area contributed by atoms with E-state index in [0.29, 0.717) is 11.8 Å². The van der Waals surface area contributed by atoms with Crippen LogP contribution in [0, 0.1) is 12.7 Å². The molecule has 0 aliphatic carbocycles. The average Bonchev–Trinajstić information content (AvgIpc) is 3.44. The lowest BCUT2D eigenvalue weighted by Crippen LogP contribution is -2.46. The minimum absolute atomic E-state index is 0.0530. The number of ether oxygens (including phenoxy) is 1. The summed E-state index contributed by atoms with van der Waals surface area (Å²) in [5.41, 5.74) is 3.08. The second-order valence-electron chi connectivity index (χ2n) is 8.99. The van der Waals surface area contributed by atoms with Gasteiger partial charge in [0.25, 0.3) is 0 Å². The number of carbonyl (C=O) groups is 4. The lowest BCUT2D eigenvalue weighted by atomic mass is 10.1. The molecule has 1 aliphatic heterocycles. The maximum absolute atomic E-state index is 13.9. The van der Waals surface area contributed by atoms with Crippen molar-refractivity contribution >= 4 is 23.9 Å². The summed E-state index contributed by atoms with van der Waals surface area (Å²) in [6, 6.07) is 13.3. The highest BCUT2D eigenvalue weighted by molar-refractivity contribution is 6.27. The molecule has 1 fully saturated rings. The summed E-state index contributed by atoms with van der Waals surface area (Å²) in [6.45, 7) is 8.45. The fraction of sp³-hybridized carbons (Fsp3) is 0.333. The molecule has 1 unspecified atom stereocenters. The van der Waals surface area contributed by atoms with Crippen LogP contribution in [0.2, 0.25) is 0 Å². The van der Waals surface area contributed by atoms with Gasteiger partial charge in [-0.1, -0.05) is 23.8 Å². The highest BCUT2D eigenvalue weighted by Crippen LogP contribution is 2.25. The van der Waals surface area contributed by atoms with E-state index in [-0.39, 0.29) is 17.6 Å². The number of aromatic nitrogens is 2. The van der Waals surface area contributed by atoms with E-state index in [4.69, 9.17) is 48.8 Å². The van der Waals surface area contributed by atoms with Crippen molar-refractivity contribution in [1.29, 1.82) is 0 Å². The van der Waals surface area contributed by atoms with Crippen molar-refractivity contribution in [2.24, 2.45) is 0 Å². The molecule has 15 heteroatoms. The van der Waals surface area contributed by atoms with E-state index in [2.05, 4.69) is 33.8 Å². The molecule has 0 saturated carbocycles. The summed E-state index contributed by atoms with van der Waals surface area (Å²) in [5.74, 6) is -6.15. The fourth-order valence-electron chi connectivity index (χ4n) is 3.75. The summed E-state index contributed by atoms with van der Waals surface area (Å²) in [7, 11) is 1.48. The zero-order valence-electron chi connectivity index (χ0n) is 23.1. The Morgan fingerprint density at radius 2 is 1.45 bits per heavy atom. The Morgan fingerprint density at radius 3 is 1.93 bits per heavy atom. The summed E-state index contributed by atoms with van der Waals surface area (Å²) in [4.78, 5) is 41.1. The molecule has 0 spiro atoms. The van der Waals surface area contributed by atoms with E-state index in [9.17, 15) is 4.39 Å². The first-order chi connectivity index (χ1) is 19.8. The zero-order valence-corrected chi connectivity index (χ0v) is 23.1. The number of hydrogen-bond donors (Lipinski definition) is 4.